The Bertz CT molecular complexity index is 1560. The molecule has 1 fully saturated rings. The predicted molar refractivity (Wildman–Crippen MR) is 142 cm³/mol. The van der Waals surface area contributed by atoms with Gasteiger partial charge in [-0.25, -0.2) is 4.98 Å². The van der Waals surface area contributed by atoms with Crippen molar-refractivity contribution >= 4 is 27.8 Å². The second kappa shape index (κ2) is 9.17. The molecule has 0 spiro atoms. The van der Waals surface area contributed by atoms with Gasteiger partial charge in [-0.1, -0.05) is 54.6 Å². The number of fused-ring (bicyclic) bond motifs is 2. The number of hydrogen-bond donors (Lipinski definition) is 0. The van der Waals surface area contributed by atoms with Crippen molar-refractivity contribution in [2.75, 3.05) is 26.2 Å². The first-order chi connectivity index (χ1) is 17.6. The minimum atomic E-state index is 0.0437. The average Bonchev–Trinajstić information content (AvgIpc) is 3.22. The molecule has 7 heteroatoms. The van der Waals surface area contributed by atoms with Gasteiger partial charge in [0.05, 0.1) is 27.9 Å². The largest absolute Gasteiger partial charge is 0.336 e. The third-order valence-corrected chi connectivity index (χ3v) is 7.04. The number of para-hydroxylation sites is 1. The molecule has 1 amide bonds. The van der Waals surface area contributed by atoms with E-state index in [0.29, 0.717) is 18.7 Å². The van der Waals surface area contributed by atoms with Crippen LogP contribution in [-0.2, 0) is 13.6 Å². The predicted octanol–water partition coefficient (Wildman–Crippen LogP) is 4.45. The number of pyridine rings is 2. The van der Waals surface area contributed by atoms with Crippen molar-refractivity contribution < 1.29 is 4.79 Å². The Morgan fingerprint density at radius 2 is 1.72 bits per heavy atom. The summed E-state index contributed by atoms with van der Waals surface area (Å²) >= 11 is 0. The van der Waals surface area contributed by atoms with Crippen LogP contribution in [0.5, 0.6) is 0 Å². The van der Waals surface area contributed by atoms with Gasteiger partial charge in [0, 0.05) is 56.9 Å². The van der Waals surface area contributed by atoms with Gasteiger partial charge in [0.25, 0.3) is 5.91 Å². The second-order valence-electron chi connectivity index (χ2n) is 9.39. The Morgan fingerprint density at radius 1 is 0.944 bits per heavy atom. The first kappa shape index (κ1) is 22.4. The van der Waals surface area contributed by atoms with Crippen LogP contribution in [0.3, 0.4) is 0 Å². The van der Waals surface area contributed by atoms with Crippen LogP contribution in [-0.4, -0.2) is 61.6 Å². The van der Waals surface area contributed by atoms with Gasteiger partial charge in [-0.05, 0) is 24.6 Å². The van der Waals surface area contributed by atoms with Crippen molar-refractivity contribution in [1.82, 2.24) is 29.5 Å². The summed E-state index contributed by atoms with van der Waals surface area (Å²) in [4.78, 5) is 27.7. The first-order valence-corrected chi connectivity index (χ1v) is 12.3. The molecule has 6 rings (SSSR count). The molecule has 1 saturated heterocycles. The fourth-order valence-corrected chi connectivity index (χ4v) is 5.19. The maximum Gasteiger partial charge on any atom is 0.254 e. The van der Waals surface area contributed by atoms with E-state index in [1.54, 1.807) is 4.68 Å². The van der Waals surface area contributed by atoms with Crippen LogP contribution in [0.1, 0.15) is 21.6 Å². The monoisotopic (exact) mass is 476 g/mol. The minimum absolute atomic E-state index is 0.0437. The molecule has 7 nitrogen and oxygen atoms in total. The van der Waals surface area contributed by atoms with E-state index in [9.17, 15) is 4.79 Å². The maximum atomic E-state index is 13.8. The molecule has 5 aromatic rings. The van der Waals surface area contributed by atoms with Gasteiger partial charge < -0.3 is 4.90 Å². The summed E-state index contributed by atoms with van der Waals surface area (Å²) in [5, 5.41) is 6.56. The van der Waals surface area contributed by atoms with E-state index in [1.807, 2.05) is 67.5 Å². The minimum Gasteiger partial charge on any atom is -0.336 e. The molecule has 36 heavy (non-hydrogen) atoms. The Labute approximate surface area is 210 Å². The highest BCUT2D eigenvalue weighted by Crippen LogP contribution is 2.28. The van der Waals surface area contributed by atoms with Crippen molar-refractivity contribution in [3.05, 3.63) is 89.7 Å². The molecule has 0 atom stereocenters. The molecule has 1 aliphatic heterocycles. The van der Waals surface area contributed by atoms with Crippen molar-refractivity contribution in [2.45, 2.75) is 13.5 Å². The molecule has 0 saturated carbocycles. The van der Waals surface area contributed by atoms with Gasteiger partial charge in [-0.15, -0.1) is 0 Å². The molecule has 2 aromatic carbocycles. The molecule has 180 valence electrons. The van der Waals surface area contributed by atoms with E-state index in [1.165, 1.54) is 5.56 Å². The Balaban J connectivity index is 1.25. The number of amides is 1. The smallest absolute Gasteiger partial charge is 0.254 e. The summed E-state index contributed by atoms with van der Waals surface area (Å²) < 4.78 is 1.77. The lowest BCUT2D eigenvalue weighted by Crippen LogP contribution is -2.48. The van der Waals surface area contributed by atoms with Crippen LogP contribution in [0.4, 0.5) is 0 Å². The summed E-state index contributed by atoms with van der Waals surface area (Å²) in [7, 11) is 1.88. The molecular weight excluding hydrogens is 448 g/mol. The standard InChI is InChI=1S/C29H28N6O/c1-20-26-24(18-25(21-8-4-3-5-9-21)31-28(26)33(2)32-20)29(36)35-16-14-34(15-17-35)19-23-11-6-10-22-12-7-13-30-27(22)23/h3-13,18H,14-17,19H2,1-2H3. The number of piperazine rings is 1. The molecular formula is C29H28N6O. The van der Waals surface area contributed by atoms with Crippen molar-refractivity contribution in [1.29, 1.82) is 0 Å². The van der Waals surface area contributed by atoms with E-state index < -0.39 is 0 Å². The topological polar surface area (TPSA) is 67.2 Å². The van der Waals surface area contributed by atoms with Crippen LogP contribution in [0.25, 0.3) is 33.2 Å². The van der Waals surface area contributed by atoms with E-state index in [2.05, 4.69) is 39.2 Å². The molecule has 0 bridgehead atoms. The lowest BCUT2D eigenvalue weighted by atomic mass is 10.0. The maximum absolute atomic E-state index is 13.8. The molecule has 0 unspecified atom stereocenters. The van der Waals surface area contributed by atoms with E-state index >= 15 is 0 Å². The third-order valence-electron chi connectivity index (χ3n) is 7.04. The summed E-state index contributed by atoms with van der Waals surface area (Å²) in [6.45, 7) is 5.78. The van der Waals surface area contributed by atoms with Crippen LogP contribution >= 0.6 is 0 Å². The quantitative estimate of drug-likeness (QED) is 0.383. The van der Waals surface area contributed by atoms with Crippen LogP contribution in [0, 0.1) is 6.92 Å². The lowest BCUT2D eigenvalue weighted by molar-refractivity contribution is 0.0630. The number of carbonyl (C=O) groups is 1. The Morgan fingerprint density at radius 3 is 2.53 bits per heavy atom. The van der Waals surface area contributed by atoms with Crippen LogP contribution in [0.15, 0.2) is 72.9 Å². The molecule has 3 aromatic heterocycles. The first-order valence-electron chi connectivity index (χ1n) is 12.3. The number of benzene rings is 2. The summed E-state index contributed by atoms with van der Waals surface area (Å²) in [6, 6.07) is 22.3. The fourth-order valence-electron chi connectivity index (χ4n) is 5.19. The number of aryl methyl sites for hydroxylation is 2. The summed E-state index contributed by atoms with van der Waals surface area (Å²) in [5.41, 5.74) is 6.29. The molecule has 0 radical (unpaired) electrons. The van der Waals surface area contributed by atoms with E-state index in [0.717, 1.165) is 58.5 Å². The van der Waals surface area contributed by atoms with Gasteiger partial charge in [0.2, 0.25) is 0 Å². The zero-order chi connectivity index (χ0) is 24.6. The third kappa shape index (κ3) is 4.01. The molecule has 0 N–H and O–H groups in total. The number of aromatic nitrogens is 4. The van der Waals surface area contributed by atoms with Gasteiger partial charge >= 0.3 is 0 Å². The van der Waals surface area contributed by atoms with Crippen molar-refractivity contribution in [2.24, 2.45) is 7.05 Å². The highest BCUT2D eigenvalue weighted by atomic mass is 16.2. The van der Waals surface area contributed by atoms with Crippen molar-refractivity contribution in [3.63, 3.8) is 0 Å². The highest BCUT2D eigenvalue weighted by Gasteiger charge is 2.26. The van der Waals surface area contributed by atoms with Gasteiger partial charge in [0.1, 0.15) is 0 Å². The molecule has 4 heterocycles. The average molecular weight is 477 g/mol. The number of hydrogen-bond acceptors (Lipinski definition) is 5. The van der Waals surface area contributed by atoms with Gasteiger partial charge in [-0.2, -0.15) is 5.10 Å². The Hall–Kier alpha value is -4.10. The zero-order valence-corrected chi connectivity index (χ0v) is 20.6. The van der Waals surface area contributed by atoms with E-state index in [4.69, 9.17) is 4.98 Å². The van der Waals surface area contributed by atoms with Gasteiger partial charge in [-0.3, -0.25) is 19.4 Å². The van der Waals surface area contributed by atoms with E-state index in [-0.39, 0.29) is 5.91 Å². The fraction of sp³-hybridized carbons (Fsp3) is 0.241. The highest BCUT2D eigenvalue weighted by molar-refractivity contribution is 6.07. The summed E-state index contributed by atoms with van der Waals surface area (Å²) in [6.07, 6.45) is 1.85. The zero-order valence-electron chi connectivity index (χ0n) is 20.6. The number of nitrogens with zero attached hydrogens (tertiary/aromatic N) is 6. The molecule has 1 aliphatic rings. The SMILES string of the molecule is Cc1nn(C)c2nc(-c3ccccc3)cc(C(=O)N3CCN(Cc4cccc5cccnc45)CC3)c12. The lowest BCUT2D eigenvalue weighted by Gasteiger charge is -2.35. The van der Waals surface area contributed by atoms with Crippen LogP contribution in [0.2, 0.25) is 0 Å². The van der Waals surface area contributed by atoms with Gasteiger partial charge in [0.15, 0.2) is 5.65 Å². The van der Waals surface area contributed by atoms with Crippen molar-refractivity contribution in [3.8, 4) is 11.3 Å². The second-order valence-corrected chi connectivity index (χ2v) is 9.39. The number of carbonyl (C=O) groups excluding carboxylic acids is 1. The summed E-state index contributed by atoms with van der Waals surface area (Å²) in [5.74, 6) is 0.0437. The Kier molecular flexibility index (Phi) is 5.70. The normalized spacial score (nSPS) is 14.6. The number of rotatable bonds is 4. The van der Waals surface area contributed by atoms with Crippen LogP contribution < -0.4 is 0 Å². The molecule has 0 aliphatic carbocycles.